The SMILES string of the molecule is O=C(CCl)NCC(Cl)Cl. The number of halogens is 3. The van der Waals surface area contributed by atoms with E-state index < -0.39 is 4.84 Å². The van der Waals surface area contributed by atoms with Gasteiger partial charge in [0.25, 0.3) is 0 Å². The average Bonchev–Trinajstić information content (AvgIpc) is 1.83. The van der Waals surface area contributed by atoms with Gasteiger partial charge >= 0.3 is 0 Å². The van der Waals surface area contributed by atoms with Crippen LogP contribution >= 0.6 is 34.8 Å². The number of carbonyl (C=O) groups excluding carboxylic acids is 1. The second-order valence-electron chi connectivity index (χ2n) is 1.33. The zero-order chi connectivity index (χ0) is 7.28. The third-order valence-electron chi connectivity index (χ3n) is 0.575. The third kappa shape index (κ3) is 6.22. The molecule has 0 rings (SSSR count). The molecule has 1 N–H and O–H groups in total. The molecule has 0 aromatic carbocycles. The Morgan fingerprint density at radius 3 is 2.44 bits per heavy atom. The van der Waals surface area contributed by atoms with Gasteiger partial charge in [0.05, 0.1) is 0 Å². The Morgan fingerprint density at radius 1 is 1.56 bits per heavy atom. The van der Waals surface area contributed by atoms with E-state index >= 15 is 0 Å². The van der Waals surface area contributed by atoms with Crippen molar-refractivity contribution in [3.05, 3.63) is 0 Å². The maximum atomic E-state index is 10.4. The summed E-state index contributed by atoms with van der Waals surface area (Å²) in [6.07, 6.45) is 0. The van der Waals surface area contributed by atoms with Crippen molar-refractivity contribution in [1.29, 1.82) is 0 Å². The molecule has 0 spiro atoms. The van der Waals surface area contributed by atoms with Crippen molar-refractivity contribution in [3.8, 4) is 0 Å². The molecule has 0 unspecified atom stereocenters. The highest BCUT2D eigenvalue weighted by Crippen LogP contribution is 1.97. The summed E-state index contributed by atoms with van der Waals surface area (Å²) in [5.41, 5.74) is 0. The lowest BCUT2D eigenvalue weighted by molar-refractivity contribution is -0.118. The van der Waals surface area contributed by atoms with Crippen LogP contribution in [-0.4, -0.2) is 23.2 Å². The molecule has 5 heteroatoms. The van der Waals surface area contributed by atoms with E-state index in [1.807, 2.05) is 0 Å². The molecule has 0 aliphatic rings. The van der Waals surface area contributed by atoms with Crippen LogP contribution in [0.3, 0.4) is 0 Å². The topological polar surface area (TPSA) is 29.1 Å². The van der Waals surface area contributed by atoms with Gasteiger partial charge in [0.1, 0.15) is 10.7 Å². The van der Waals surface area contributed by atoms with E-state index in [0.717, 1.165) is 0 Å². The van der Waals surface area contributed by atoms with Crippen molar-refractivity contribution in [2.24, 2.45) is 0 Å². The lowest BCUT2D eigenvalue weighted by atomic mass is 10.6. The molecule has 0 atom stereocenters. The van der Waals surface area contributed by atoms with Crippen LogP contribution in [0.5, 0.6) is 0 Å². The largest absolute Gasteiger partial charge is 0.352 e. The zero-order valence-electron chi connectivity index (χ0n) is 4.53. The Bertz CT molecular complexity index is 95.8. The fraction of sp³-hybridized carbons (Fsp3) is 0.750. The lowest BCUT2D eigenvalue weighted by Crippen LogP contribution is -2.28. The molecule has 0 saturated carbocycles. The first-order valence-corrected chi connectivity index (χ1v) is 3.68. The summed E-state index contributed by atoms with van der Waals surface area (Å²) in [4.78, 5) is 9.80. The number of carbonyl (C=O) groups is 1. The van der Waals surface area contributed by atoms with E-state index in [4.69, 9.17) is 34.8 Å². The summed E-state index contributed by atoms with van der Waals surface area (Å²) >= 11 is 15.7. The number of alkyl halides is 3. The van der Waals surface area contributed by atoms with Gasteiger partial charge in [0.2, 0.25) is 5.91 Å². The maximum absolute atomic E-state index is 10.4. The van der Waals surface area contributed by atoms with Gasteiger partial charge in [-0.05, 0) is 0 Å². The lowest BCUT2D eigenvalue weighted by Gasteiger charge is -2.00. The minimum atomic E-state index is -0.558. The standard InChI is InChI=1S/C4H6Cl3NO/c5-1-4(9)8-2-3(6)7/h3H,1-2H2,(H,8,9). The van der Waals surface area contributed by atoms with Crippen molar-refractivity contribution >= 4 is 40.7 Å². The van der Waals surface area contributed by atoms with Gasteiger partial charge in [-0.25, -0.2) is 0 Å². The molecule has 0 fully saturated rings. The van der Waals surface area contributed by atoms with E-state index in [-0.39, 0.29) is 18.3 Å². The van der Waals surface area contributed by atoms with Crippen LogP contribution in [-0.2, 0) is 4.79 Å². The van der Waals surface area contributed by atoms with E-state index in [0.29, 0.717) is 0 Å². The molecule has 2 nitrogen and oxygen atoms in total. The van der Waals surface area contributed by atoms with Crippen molar-refractivity contribution < 1.29 is 4.79 Å². The summed E-state index contributed by atoms with van der Waals surface area (Å²) in [5, 5.41) is 2.40. The van der Waals surface area contributed by atoms with E-state index in [2.05, 4.69) is 5.32 Å². The quantitative estimate of drug-likeness (QED) is 0.665. The Hall–Kier alpha value is 0.340. The highest BCUT2D eigenvalue weighted by molar-refractivity contribution is 6.44. The molecule has 0 radical (unpaired) electrons. The Labute approximate surface area is 68.5 Å². The summed E-state index contributed by atoms with van der Waals surface area (Å²) in [6.45, 7) is 0.245. The van der Waals surface area contributed by atoms with Crippen LogP contribution in [0.15, 0.2) is 0 Å². The molecule has 54 valence electrons. The number of hydrogen-bond acceptors (Lipinski definition) is 1. The van der Waals surface area contributed by atoms with E-state index in [1.54, 1.807) is 0 Å². The van der Waals surface area contributed by atoms with Crippen molar-refractivity contribution in [2.75, 3.05) is 12.4 Å². The van der Waals surface area contributed by atoms with Crippen LogP contribution in [0.25, 0.3) is 0 Å². The highest BCUT2D eigenvalue weighted by Gasteiger charge is 2.00. The Balaban J connectivity index is 3.17. The second-order valence-corrected chi connectivity index (χ2v) is 2.87. The minimum Gasteiger partial charge on any atom is -0.352 e. The second kappa shape index (κ2) is 5.15. The van der Waals surface area contributed by atoms with Crippen LogP contribution in [0.2, 0.25) is 0 Å². The molecule has 0 heterocycles. The summed E-state index contributed by atoms with van der Waals surface area (Å²) in [5.74, 6) is -0.316. The number of amides is 1. The molecule has 0 bridgehead atoms. The third-order valence-corrected chi connectivity index (χ3v) is 1.13. The molecule has 0 aliphatic heterocycles. The number of hydrogen-bond donors (Lipinski definition) is 1. The van der Waals surface area contributed by atoms with Gasteiger partial charge in [-0.2, -0.15) is 0 Å². The maximum Gasteiger partial charge on any atom is 0.235 e. The fourth-order valence-electron chi connectivity index (χ4n) is 0.238. The van der Waals surface area contributed by atoms with Crippen LogP contribution < -0.4 is 5.32 Å². The Kier molecular flexibility index (Phi) is 5.35. The minimum absolute atomic E-state index is 0.0551. The molecule has 0 aromatic heterocycles. The first-order valence-electron chi connectivity index (χ1n) is 2.27. The van der Waals surface area contributed by atoms with Crippen molar-refractivity contribution in [2.45, 2.75) is 4.84 Å². The molecule has 1 amide bonds. The normalized spacial score (nSPS) is 9.78. The predicted octanol–water partition coefficient (Wildman–Crippen LogP) is 1.15. The van der Waals surface area contributed by atoms with Gasteiger partial charge in [0.15, 0.2) is 0 Å². The monoisotopic (exact) mass is 189 g/mol. The predicted molar refractivity (Wildman–Crippen MR) is 39.2 cm³/mol. The van der Waals surface area contributed by atoms with Crippen molar-refractivity contribution in [1.82, 2.24) is 5.32 Å². The van der Waals surface area contributed by atoms with Gasteiger partial charge in [-0.1, -0.05) is 0 Å². The van der Waals surface area contributed by atoms with E-state index in [9.17, 15) is 4.79 Å². The zero-order valence-corrected chi connectivity index (χ0v) is 6.80. The fourth-order valence-corrected chi connectivity index (χ4v) is 0.487. The molecular formula is C4H6Cl3NO. The molecule has 0 aliphatic carbocycles. The van der Waals surface area contributed by atoms with Crippen LogP contribution in [0.4, 0.5) is 0 Å². The van der Waals surface area contributed by atoms with Gasteiger partial charge in [-0.15, -0.1) is 34.8 Å². The molecule has 0 saturated heterocycles. The highest BCUT2D eigenvalue weighted by atomic mass is 35.5. The summed E-state index contributed by atoms with van der Waals surface area (Å²) in [7, 11) is 0. The first-order chi connectivity index (χ1) is 4.16. The van der Waals surface area contributed by atoms with Crippen LogP contribution in [0.1, 0.15) is 0 Å². The van der Waals surface area contributed by atoms with E-state index in [1.165, 1.54) is 0 Å². The van der Waals surface area contributed by atoms with Crippen LogP contribution in [0, 0.1) is 0 Å². The smallest absolute Gasteiger partial charge is 0.235 e. The molecule has 0 aromatic rings. The summed E-state index contributed by atoms with van der Waals surface area (Å²) < 4.78 is 0. The average molecular weight is 190 g/mol. The Morgan fingerprint density at radius 2 is 2.11 bits per heavy atom. The van der Waals surface area contributed by atoms with Crippen molar-refractivity contribution in [3.63, 3.8) is 0 Å². The number of rotatable bonds is 3. The first kappa shape index (κ1) is 9.34. The van der Waals surface area contributed by atoms with Gasteiger partial charge in [0, 0.05) is 6.54 Å². The number of nitrogens with one attached hydrogen (secondary N) is 1. The molecule has 9 heavy (non-hydrogen) atoms. The van der Waals surface area contributed by atoms with Gasteiger partial charge in [-0.3, -0.25) is 4.79 Å². The molecular weight excluding hydrogens is 184 g/mol. The van der Waals surface area contributed by atoms with Gasteiger partial charge < -0.3 is 5.32 Å². The summed E-state index contributed by atoms with van der Waals surface area (Å²) in [6, 6.07) is 0.